The molecule has 1 fully saturated rings. The van der Waals surface area contributed by atoms with Gasteiger partial charge in [0.25, 0.3) is 0 Å². The first kappa shape index (κ1) is 22.1. The molecule has 0 radical (unpaired) electrons. The van der Waals surface area contributed by atoms with Gasteiger partial charge in [0, 0.05) is 50.0 Å². The summed E-state index contributed by atoms with van der Waals surface area (Å²) in [5.74, 6) is 2.78. The fraction of sp³-hybridized carbons (Fsp3) is 0.364. The first-order valence-electron chi connectivity index (χ1n) is 9.41. The Morgan fingerprint density at radius 3 is 2.17 bits per heavy atom. The molecule has 5 nitrogen and oxygen atoms in total. The van der Waals surface area contributed by atoms with Crippen LogP contribution in [-0.2, 0) is 13.6 Å². The molecule has 29 heavy (non-hydrogen) atoms. The maximum atomic E-state index is 12.3. The largest absolute Gasteiger partial charge is 0.400 e. The van der Waals surface area contributed by atoms with Crippen molar-refractivity contribution < 1.29 is 18.7 Å². The van der Waals surface area contributed by atoms with Crippen LogP contribution in [0.1, 0.15) is 36.6 Å². The lowest BCUT2D eigenvalue weighted by Crippen LogP contribution is -2.51. The molecule has 0 saturated carbocycles. The summed E-state index contributed by atoms with van der Waals surface area (Å²) in [6.07, 6.45) is 0.416. The second-order valence-corrected chi connectivity index (χ2v) is 11.0. The highest BCUT2D eigenvalue weighted by molar-refractivity contribution is 8.57. The van der Waals surface area contributed by atoms with Crippen molar-refractivity contribution in [1.82, 2.24) is 5.32 Å². The highest BCUT2D eigenvalue weighted by Gasteiger charge is 2.45. The zero-order chi connectivity index (χ0) is 20.9. The van der Waals surface area contributed by atoms with Crippen molar-refractivity contribution in [2.45, 2.75) is 31.0 Å². The van der Waals surface area contributed by atoms with Crippen LogP contribution in [0.3, 0.4) is 0 Å². The Morgan fingerprint density at radius 1 is 1.07 bits per heavy atom. The normalized spacial score (nSPS) is 27.1. The van der Waals surface area contributed by atoms with Gasteiger partial charge in [0.1, 0.15) is 5.60 Å². The number of piperidine rings is 1. The van der Waals surface area contributed by atoms with Gasteiger partial charge in [0.05, 0.1) is 0 Å². The molecule has 4 atom stereocenters. The average Bonchev–Trinajstić information content (AvgIpc) is 2.76. The molecule has 0 unspecified atom stereocenters. The highest BCUT2D eigenvalue weighted by atomic mass is 32.7. The zero-order valence-corrected chi connectivity index (χ0v) is 18.5. The lowest BCUT2D eigenvalue weighted by atomic mass is 9.72. The number of aliphatic hydroxyl groups is 1. The van der Waals surface area contributed by atoms with Gasteiger partial charge in [-0.1, -0.05) is 73.5 Å². The maximum Gasteiger partial charge on any atom is 0.400 e. The topological polar surface area (TPSA) is 67.8 Å². The summed E-state index contributed by atoms with van der Waals surface area (Å²) < 4.78 is 22.1. The Bertz CT molecular complexity index is 907. The smallest absolute Gasteiger partial charge is 0.377 e. The van der Waals surface area contributed by atoms with Crippen molar-refractivity contribution in [3.05, 3.63) is 71.8 Å². The van der Waals surface area contributed by atoms with Crippen molar-refractivity contribution in [1.29, 1.82) is 0 Å². The van der Waals surface area contributed by atoms with Crippen LogP contribution in [0.4, 0.5) is 0 Å². The fourth-order valence-corrected chi connectivity index (χ4v) is 5.17. The van der Waals surface area contributed by atoms with Crippen LogP contribution in [0.5, 0.6) is 0 Å². The first-order chi connectivity index (χ1) is 13.9. The van der Waals surface area contributed by atoms with E-state index in [0.717, 1.165) is 22.5 Å². The Kier molecular flexibility index (Phi) is 7.23. The van der Waals surface area contributed by atoms with E-state index in [2.05, 4.69) is 16.5 Å². The molecule has 1 heterocycles. The second kappa shape index (κ2) is 9.49. The second-order valence-electron chi connectivity index (χ2n) is 7.07. The predicted molar refractivity (Wildman–Crippen MR) is 117 cm³/mol. The van der Waals surface area contributed by atoms with E-state index in [4.69, 9.17) is 9.05 Å². The molecule has 1 aliphatic rings. The summed E-state index contributed by atoms with van der Waals surface area (Å²) in [4.78, 5) is 0. The molecule has 0 aliphatic carbocycles. The van der Waals surface area contributed by atoms with Crippen LogP contribution < -0.4 is 5.32 Å². The van der Waals surface area contributed by atoms with E-state index in [1.165, 1.54) is 14.2 Å². The molecule has 3 rings (SSSR count). The third-order valence-electron chi connectivity index (χ3n) is 5.38. The number of hydrogen-bond acceptors (Lipinski definition) is 6. The van der Waals surface area contributed by atoms with Crippen LogP contribution in [0.15, 0.2) is 60.7 Å². The standard InChI is InChI=1S/C22H26NO4PS/c1-17-21(19-12-8-5-9-13-19)23-20(18-10-6-4-7-11-18)16-22(17,24)14-15-29-28(25,26-2)27-3/h4-13,17,20-21,23-24H,16H2,1-3H3/t17-,20-,21+,22+/m1/s1. The molecule has 0 aromatic heterocycles. The van der Waals surface area contributed by atoms with Gasteiger partial charge in [0.15, 0.2) is 0 Å². The van der Waals surface area contributed by atoms with Crippen molar-refractivity contribution in [2.24, 2.45) is 5.92 Å². The third kappa shape index (κ3) is 5.13. The minimum absolute atomic E-state index is 0.0708. The quantitative estimate of drug-likeness (QED) is 0.517. The van der Waals surface area contributed by atoms with E-state index in [1.807, 2.05) is 67.6 Å². The van der Waals surface area contributed by atoms with E-state index in [-0.39, 0.29) is 18.0 Å². The Hall–Kier alpha value is -1.58. The molecule has 0 spiro atoms. The van der Waals surface area contributed by atoms with E-state index in [9.17, 15) is 9.67 Å². The van der Waals surface area contributed by atoms with Gasteiger partial charge in [-0.05, 0) is 16.4 Å². The van der Waals surface area contributed by atoms with Crippen LogP contribution in [0, 0.1) is 17.1 Å². The summed E-state index contributed by atoms with van der Waals surface area (Å²) in [6, 6.07) is 19.9. The van der Waals surface area contributed by atoms with Crippen LogP contribution in [0.25, 0.3) is 0 Å². The monoisotopic (exact) mass is 431 g/mol. The predicted octanol–water partition coefficient (Wildman–Crippen LogP) is 4.92. The summed E-state index contributed by atoms with van der Waals surface area (Å²) in [7, 11) is 2.63. The highest BCUT2D eigenvalue weighted by Crippen LogP contribution is 2.59. The number of nitrogens with one attached hydrogen (secondary N) is 1. The van der Waals surface area contributed by atoms with Crippen LogP contribution in [-0.4, -0.2) is 24.9 Å². The Labute approximate surface area is 176 Å². The summed E-state index contributed by atoms with van der Waals surface area (Å²) in [5, 5.41) is 18.0. The van der Waals surface area contributed by atoms with Crippen LogP contribution >= 0.6 is 18.2 Å². The van der Waals surface area contributed by atoms with Gasteiger partial charge < -0.3 is 19.5 Å². The minimum atomic E-state index is -3.33. The number of benzene rings is 2. The van der Waals surface area contributed by atoms with E-state index in [1.54, 1.807) is 0 Å². The summed E-state index contributed by atoms with van der Waals surface area (Å²) in [5.41, 5.74) is 0.909. The average molecular weight is 431 g/mol. The maximum absolute atomic E-state index is 12.3. The Balaban J connectivity index is 1.95. The minimum Gasteiger partial charge on any atom is -0.377 e. The molecule has 154 valence electrons. The molecule has 7 heteroatoms. The van der Waals surface area contributed by atoms with Crippen molar-refractivity contribution >= 4 is 18.2 Å². The van der Waals surface area contributed by atoms with Crippen molar-refractivity contribution in [2.75, 3.05) is 14.2 Å². The lowest BCUT2D eigenvalue weighted by Gasteiger charge is -2.45. The molecule has 0 amide bonds. The SMILES string of the molecule is COP(=O)(OC)SC#C[C@]1(O)C[C@H](c2ccccc2)N[C@H](c2ccccc2)[C@H]1C. The van der Waals surface area contributed by atoms with E-state index in [0.29, 0.717) is 6.42 Å². The zero-order valence-electron chi connectivity index (χ0n) is 16.7. The molecule has 2 N–H and O–H groups in total. The summed E-state index contributed by atoms with van der Waals surface area (Å²) >= 11 is 0.782. The van der Waals surface area contributed by atoms with Gasteiger partial charge >= 0.3 is 6.80 Å². The molecule has 0 bridgehead atoms. The molecular weight excluding hydrogens is 405 g/mol. The van der Waals surface area contributed by atoms with Gasteiger partial charge in [-0.3, -0.25) is 0 Å². The van der Waals surface area contributed by atoms with Crippen molar-refractivity contribution in [3.8, 4) is 11.2 Å². The molecule has 2 aromatic rings. The molecule has 1 saturated heterocycles. The summed E-state index contributed by atoms with van der Waals surface area (Å²) in [6.45, 7) is -1.35. The van der Waals surface area contributed by atoms with Crippen LogP contribution in [0.2, 0.25) is 0 Å². The van der Waals surface area contributed by atoms with Gasteiger partial charge in [0.2, 0.25) is 0 Å². The number of hydrogen-bond donors (Lipinski definition) is 2. The van der Waals surface area contributed by atoms with Gasteiger partial charge in [-0.25, -0.2) is 4.57 Å². The Morgan fingerprint density at radius 2 is 1.62 bits per heavy atom. The third-order valence-corrected chi connectivity index (χ3v) is 8.53. The fourth-order valence-electron chi connectivity index (χ4n) is 3.62. The molecular formula is C22H26NO4PS. The molecule has 1 aliphatic heterocycles. The van der Waals surface area contributed by atoms with Gasteiger partial charge in [-0.15, -0.1) is 0 Å². The van der Waals surface area contributed by atoms with E-state index < -0.39 is 12.4 Å². The first-order valence-corrected chi connectivity index (χ1v) is 12.4. The lowest BCUT2D eigenvalue weighted by molar-refractivity contribution is -0.0196. The number of rotatable bonds is 5. The van der Waals surface area contributed by atoms with Gasteiger partial charge in [-0.2, -0.15) is 0 Å². The molecule has 2 aromatic carbocycles. The van der Waals surface area contributed by atoms with Crippen molar-refractivity contribution in [3.63, 3.8) is 0 Å². The van der Waals surface area contributed by atoms with E-state index >= 15 is 0 Å².